The van der Waals surface area contributed by atoms with Gasteiger partial charge in [-0.25, -0.2) is 4.39 Å². The van der Waals surface area contributed by atoms with Gasteiger partial charge in [0.2, 0.25) is 0 Å². The summed E-state index contributed by atoms with van der Waals surface area (Å²) in [6, 6.07) is 13.0. The monoisotopic (exact) mass is 409 g/mol. The second-order valence-corrected chi connectivity index (χ2v) is 7.86. The highest BCUT2D eigenvalue weighted by atomic mass is 35.5. The topological polar surface area (TPSA) is 50.5 Å². The molecule has 0 aromatic heterocycles. The zero-order valence-corrected chi connectivity index (χ0v) is 16.7. The summed E-state index contributed by atoms with van der Waals surface area (Å²) < 4.78 is 15.0. The van der Waals surface area contributed by atoms with Gasteiger partial charge in [-0.2, -0.15) is 5.26 Å². The Morgan fingerprint density at radius 3 is 2.52 bits per heavy atom. The predicted molar refractivity (Wildman–Crippen MR) is 114 cm³/mol. The van der Waals surface area contributed by atoms with Gasteiger partial charge in [0, 0.05) is 36.4 Å². The standard InChI is InChI=1S/C23H21ClFN3O/c1-15-17(12-26)14-28(13-16-2-4-18(24)5-3-16)22-11-23(21(25)10-20(15)22)27-8-6-19(29)7-9-27/h2-5,10-11,14,19,29H,1,6-9,13H2. The van der Waals surface area contributed by atoms with E-state index in [2.05, 4.69) is 12.6 Å². The van der Waals surface area contributed by atoms with Crippen molar-refractivity contribution in [1.82, 2.24) is 0 Å². The summed E-state index contributed by atoms with van der Waals surface area (Å²) in [5.74, 6) is -0.341. The van der Waals surface area contributed by atoms with E-state index >= 15 is 0 Å². The van der Waals surface area contributed by atoms with E-state index in [4.69, 9.17) is 11.6 Å². The van der Waals surface area contributed by atoms with Crippen LogP contribution in [0.2, 0.25) is 5.02 Å². The molecule has 1 fully saturated rings. The summed E-state index contributed by atoms with van der Waals surface area (Å²) in [7, 11) is 0. The van der Waals surface area contributed by atoms with Gasteiger partial charge >= 0.3 is 0 Å². The Hall–Kier alpha value is -2.81. The molecule has 29 heavy (non-hydrogen) atoms. The van der Waals surface area contributed by atoms with Crippen LogP contribution in [0.5, 0.6) is 0 Å². The number of nitriles is 1. The van der Waals surface area contributed by atoms with Gasteiger partial charge in [0.05, 0.1) is 23.1 Å². The lowest BCUT2D eigenvalue weighted by Crippen LogP contribution is -2.36. The molecule has 2 heterocycles. The Labute approximate surface area is 174 Å². The average Bonchev–Trinajstić information content (AvgIpc) is 2.72. The van der Waals surface area contributed by atoms with Crippen molar-refractivity contribution in [3.05, 3.63) is 76.7 Å². The molecule has 2 aliphatic rings. The van der Waals surface area contributed by atoms with Gasteiger partial charge in [-0.15, -0.1) is 0 Å². The first kappa shape index (κ1) is 19.5. The molecule has 6 heteroatoms. The fraction of sp³-hybridized carbons (Fsp3) is 0.261. The summed E-state index contributed by atoms with van der Waals surface area (Å²) >= 11 is 5.99. The lowest BCUT2D eigenvalue weighted by atomic mass is 9.93. The van der Waals surface area contributed by atoms with Crippen molar-refractivity contribution >= 4 is 28.5 Å². The number of halogens is 2. The number of hydrogen-bond acceptors (Lipinski definition) is 4. The lowest BCUT2D eigenvalue weighted by molar-refractivity contribution is 0.145. The van der Waals surface area contributed by atoms with E-state index in [1.807, 2.05) is 40.1 Å². The molecule has 148 valence electrons. The minimum absolute atomic E-state index is 0.325. The highest BCUT2D eigenvalue weighted by Crippen LogP contribution is 2.41. The van der Waals surface area contributed by atoms with E-state index < -0.39 is 0 Å². The van der Waals surface area contributed by atoms with Crippen molar-refractivity contribution in [3.63, 3.8) is 0 Å². The van der Waals surface area contributed by atoms with Gasteiger partial charge in [-0.3, -0.25) is 0 Å². The molecule has 0 amide bonds. The van der Waals surface area contributed by atoms with E-state index in [1.165, 1.54) is 6.07 Å². The van der Waals surface area contributed by atoms with Crippen LogP contribution in [0.1, 0.15) is 24.0 Å². The molecule has 4 nitrogen and oxygen atoms in total. The maximum Gasteiger partial charge on any atom is 0.147 e. The van der Waals surface area contributed by atoms with Crippen LogP contribution in [0, 0.1) is 17.1 Å². The van der Waals surface area contributed by atoms with Crippen molar-refractivity contribution in [2.75, 3.05) is 22.9 Å². The van der Waals surface area contributed by atoms with Gasteiger partial charge in [-0.05, 0) is 48.2 Å². The number of aliphatic hydroxyl groups is 1. The number of piperidine rings is 1. The number of fused-ring (bicyclic) bond motifs is 1. The minimum atomic E-state index is -0.341. The second-order valence-electron chi connectivity index (χ2n) is 7.43. The molecule has 2 aromatic carbocycles. The summed E-state index contributed by atoms with van der Waals surface area (Å²) in [5, 5.41) is 19.9. The third-order valence-electron chi connectivity index (χ3n) is 5.50. The van der Waals surface area contributed by atoms with Crippen molar-refractivity contribution in [2.24, 2.45) is 0 Å². The smallest absolute Gasteiger partial charge is 0.147 e. The summed E-state index contributed by atoms with van der Waals surface area (Å²) in [6.07, 6.45) is 2.68. The summed E-state index contributed by atoms with van der Waals surface area (Å²) in [6.45, 7) is 5.74. The molecule has 2 aliphatic heterocycles. The van der Waals surface area contributed by atoms with Crippen LogP contribution < -0.4 is 9.80 Å². The SMILES string of the molecule is C=C1C(C#N)=CN(Cc2ccc(Cl)cc2)c2cc(N3CCC(O)CC3)c(F)cc21. The zero-order chi connectivity index (χ0) is 20.5. The second kappa shape index (κ2) is 7.90. The number of allylic oxidation sites excluding steroid dienone is 2. The van der Waals surface area contributed by atoms with E-state index in [-0.39, 0.29) is 11.9 Å². The molecule has 0 atom stereocenters. The molecule has 0 aliphatic carbocycles. The summed E-state index contributed by atoms with van der Waals surface area (Å²) in [4.78, 5) is 3.92. The molecular formula is C23H21ClFN3O. The quantitative estimate of drug-likeness (QED) is 0.784. The summed E-state index contributed by atoms with van der Waals surface area (Å²) in [5.41, 5.74) is 3.91. The van der Waals surface area contributed by atoms with Crippen LogP contribution in [0.15, 0.2) is 54.8 Å². The molecule has 2 aromatic rings. The number of aliphatic hydroxyl groups excluding tert-OH is 1. The molecule has 1 saturated heterocycles. The minimum Gasteiger partial charge on any atom is -0.393 e. The van der Waals surface area contributed by atoms with Gasteiger partial charge in [0.15, 0.2) is 0 Å². The zero-order valence-electron chi connectivity index (χ0n) is 15.9. The Kier molecular flexibility index (Phi) is 5.31. The first-order valence-electron chi connectivity index (χ1n) is 9.55. The Balaban J connectivity index is 1.74. The van der Waals surface area contributed by atoms with Crippen molar-refractivity contribution in [3.8, 4) is 6.07 Å². The first-order valence-corrected chi connectivity index (χ1v) is 9.93. The average molecular weight is 410 g/mol. The van der Waals surface area contributed by atoms with Crippen LogP contribution in [-0.2, 0) is 6.54 Å². The number of benzene rings is 2. The number of nitrogens with zero attached hydrogens (tertiary/aromatic N) is 3. The van der Waals surface area contributed by atoms with Gasteiger partial charge < -0.3 is 14.9 Å². The lowest BCUT2D eigenvalue weighted by Gasteiger charge is -2.34. The van der Waals surface area contributed by atoms with E-state index in [1.54, 1.807) is 6.20 Å². The number of anilines is 2. The highest BCUT2D eigenvalue weighted by Gasteiger charge is 2.26. The fourth-order valence-electron chi connectivity index (χ4n) is 3.84. The number of rotatable bonds is 3. The molecule has 1 N–H and O–H groups in total. The van der Waals surface area contributed by atoms with E-state index in [0.29, 0.717) is 59.9 Å². The number of hydrogen-bond donors (Lipinski definition) is 1. The molecular weight excluding hydrogens is 389 g/mol. The van der Waals surface area contributed by atoms with Gasteiger partial charge in [-0.1, -0.05) is 30.3 Å². The van der Waals surface area contributed by atoms with Crippen molar-refractivity contribution < 1.29 is 9.50 Å². The first-order chi connectivity index (χ1) is 14.0. The Bertz CT molecular complexity index is 1020. The highest BCUT2D eigenvalue weighted by molar-refractivity contribution is 6.30. The molecule has 0 radical (unpaired) electrons. The van der Waals surface area contributed by atoms with Crippen LogP contribution in [0.3, 0.4) is 0 Å². The van der Waals surface area contributed by atoms with Crippen LogP contribution in [0.25, 0.3) is 5.57 Å². The molecule has 0 spiro atoms. The molecule has 4 rings (SSSR count). The van der Waals surface area contributed by atoms with Crippen LogP contribution in [0.4, 0.5) is 15.8 Å². The Morgan fingerprint density at radius 1 is 1.17 bits per heavy atom. The third-order valence-corrected chi connectivity index (χ3v) is 5.75. The Morgan fingerprint density at radius 2 is 1.86 bits per heavy atom. The normalized spacial score (nSPS) is 17.0. The third kappa shape index (κ3) is 3.87. The fourth-order valence-corrected chi connectivity index (χ4v) is 3.97. The van der Waals surface area contributed by atoms with E-state index in [9.17, 15) is 14.8 Å². The van der Waals surface area contributed by atoms with Crippen molar-refractivity contribution in [1.29, 1.82) is 5.26 Å². The van der Waals surface area contributed by atoms with Gasteiger partial charge in [0.25, 0.3) is 0 Å². The van der Waals surface area contributed by atoms with Gasteiger partial charge in [0.1, 0.15) is 11.9 Å². The van der Waals surface area contributed by atoms with Crippen molar-refractivity contribution in [2.45, 2.75) is 25.5 Å². The maximum atomic E-state index is 15.0. The van der Waals surface area contributed by atoms with Crippen LogP contribution in [-0.4, -0.2) is 24.3 Å². The predicted octanol–water partition coefficient (Wildman–Crippen LogP) is 4.88. The largest absolute Gasteiger partial charge is 0.393 e. The maximum absolute atomic E-state index is 15.0. The molecule has 0 unspecified atom stereocenters. The molecule has 0 saturated carbocycles. The molecule has 0 bridgehead atoms. The van der Waals surface area contributed by atoms with E-state index in [0.717, 1.165) is 11.3 Å². The van der Waals surface area contributed by atoms with Crippen LogP contribution >= 0.6 is 11.6 Å².